The first-order chi connectivity index (χ1) is 10.0. The maximum Gasteiger partial charge on any atom is 0.427 e. The molecule has 21 heavy (non-hydrogen) atoms. The molecule has 2 nitrogen and oxygen atoms in total. The monoisotopic (exact) mass is 312 g/mol. The molecule has 1 aliphatic rings. The van der Waals surface area contributed by atoms with Crippen molar-refractivity contribution in [1.82, 2.24) is 4.98 Å². The summed E-state index contributed by atoms with van der Waals surface area (Å²) in [5.74, 6) is 0. The van der Waals surface area contributed by atoms with E-state index in [2.05, 4.69) is 17.1 Å². The molecule has 1 unspecified atom stereocenters. The summed E-state index contributed by atoms with van der Waals surface area (Å²) in [4.78, 5) is 5.38. The predicted octanol–water partition coefficient (Wildman–Crippen LogP) is 4.37. The van der Waals surface area contributed by atoms with Crippen LogP contribution in [0.3, 0.4) is 0 Å². The molecule has 0 bridgehead atoms. The van der Waals surface area contributed by atoms with Crippen LogP contribution in [0.2, 0.25) is 0 Å². The first-order valence-electron chi connectivity index (χ1n) is 6.87. The highest BCUT2D eigenvalue weighted by molar-refractivity contribution is 7.15. The summed E-state index contributed by atoms with van der Waals surface area (Å²) in [5.41, 5.74) is 1.21. The molecule has 1 saturated heterocycles. The van der Waals surface area contributed by atoms with Gasteiger partial charge in [-0.15, -0.1) is 0 Å². The second-order valence-electron chi connectivity index (χ2n) is 5.18. The minimum absolute atomic E-state index is 0.236. The lowest BCUT2D eigenvalue weighted by Crippen LogP contribution is -2.30. The Balaban J connectivity index is 1.76. The van der Waals surface area contributed by atoms with Crippen molar-refractivity contribution in [2.24, 2.45) is 0 Å². The molecule has 0 aliphatic carbocycles. The van der Waals surface area contributed by atoms with Crippen LogP contribution >= 0.6 is 11.3 Å². The maximum absolute atomic E-state index is 12.7. The number of benzene rings is 1. The number of aromatic nitrogens is 1. The van der Waals surface area contributed by atoms with E-state index in [-0.39, 0.29) is 6.04 Å². The van der Waals surface area contributed by atoms with E-state index in [0.29, 0.717) is 5.13 Å². The Bertz CT molecular complexity index is 594. The Morgan fingerprint density at radius 2 is 2.00 bits per heavy atom. The molecule has 3 rings (SSSR count). The highest BCUT2D eigenvalue weighted by atomic mass is 32.1. The molecule has 1 aliphatic heterocycles. The summed E-state index contributed by atoms with van der Waals surface area (Å²) < 4.78 is 38.1. The number of nitrogens with zero attached hydrogens (tertiary/aromatic N) is 2. The third kappa shape index (κ3) is 3.20. The molecule has 1 aromatic carbocycles. The fraction of sp³-hybridized carbons (Fsp3) is 0.400. The van der Waals surface area contributed by atoms with Gasteiger partial charge in [-0.1, -0.05) is 41.7 Å². The van der Waals surface area contributed by atoms with Gasteiger partial charge in [-0.2, -0.15) is 13.2 Å². The predicted molar refractivity (Wildman–Crippen MR) is 77.6 cm³/mol. The lowest BCUT2D eigenvalue weighted by atomic mass is 10.0. The molecular formula is C15H15F3N2S. The lowest BCUT2D eigenvalue weighted by Gasteiger charge is -2.24. The molecule has 0 radical (unpaired) electrons. The fourth-order valence-corrected chi connectivity index (χ4v) is 3.60. The van der Waals surface area contributed by atoms with Crippen LogP contribution in [0.25, 0.3) is 0 Å². The summed E-state index contributed by atoms with van der Waals surface area (Å²) >= 11 is 0.741. The van der Waals surface area contributed by atoms with Gasteiger partial charge in [0.1, 0.15) is 4.88 Å². The second kappa shape index (κ2) is 5.67. The Hall–Kier alpha value is -1.56. The van der Waals surface area contributed by atoms with Crippen LogP contribution < -0.4 is 4.90 Å². The molecule has 0 spiro atoms. The second-order valence-corrected chi connectivity index (χ2v) is 6.19. The molecule has 1 fully saturated rings. The van der Waals surface area contributed by atoms with E-state index < -0.39 is 11.1 Å². The zero-order valence-corrected chi connectivity index (χ0v) is 12.1. The van der Waals surface area contributed by atoms with Crippen molar-refractivity contribution in [2.45, 2.75) is 31.5 Å². The largest absolute Gasteiger partial charge is 0.427 e. The van der Waals surface area contributed by atoms with Crippen LogP contribution in [0, 0.1) is 0 Å². The number of thiazole rings is 1. The van der Waals surface area contributed by atoms with Gasteiger partial charge < -0.3 is 4.90 Å². The van der Waals surface area contributed by atoms with Gasteiger partial charge in [-0.25, -0.2) is 4.98 Å². The SMILES string of the molecule is FC(F)(F)c1cnc(N2CCCC2Cc2ccccc2)s1. The third-order valence-corrected chi connectivity index (χ3v) is 4.79. The van der Waals surface area contributed by atoms with Crippen molar-refractivity contribution >= 4 is 16.5 Å². The first kappa shape index (κ1) is 14.4. The van der Waals surface area contributed by atoms with Crippen molar-refractivity contribution in [1.29, 1.82) is 0 Å². The van der Waals surface area contributed by atoms with Crippen LogP contribution in [-0.2, 0) is 12.6 Å². The summed E-state index contributed by atoms with van der Waals surface area (Å²) in [6.07, 6.45) is -0.515. The normalized spacial score (nSPS) is 19.2. The molecular weight excluding hydrogens is 297 g/mol. The average Bonchev–Trinajstić information content (AvgIpc) is 3.07. The van der Waals surface area contributed by atoms with E-state index >= 15 is 0 Å². The van der Waals surface area contributed by atoms with Crippen molar-refractivity contribution in [3.63, 3.8) is 0 Å². The van der Waals surface area contributed by atoms with E-state index in [1.54, 1.807) is 0 Å². The molecule has 2 heterocycles. The molecule has 1 atom stereocenters. The minimum atomic E-state index is -4.30. The number of halogens is 3. The van der Waals surface area contributed by atoms with Crippen molar-refractivity contribution in [2.75, 3.05) is 11.4 Å². The average molecular weight is 312 g/mol. The summed E-state index contributed by atoms with van der Waals surface area (Å²) in [5, 5.41) is 0.487. The topological polar surface area (TPSA) is 16.1 Å². The Kier molecular flexibility index (Phi) is 3.89. The molecule has 112 valence electrons. The number of hydrogen-bond acceptors (Lipinski definition) is 3. The van der Waals surface area contributed by atoms with Crippen LogP contribution in [0.15, 0.2) is 36.5 Å². The van der Waals surface area contributed by atoms with E-state index in [0.717, 1.165) is 43.3 Å². The molecule has 1 aromatic heterocycles. The molecule has 0 N–H and O–H groups in total. The summed E-state index contributed by atoms with van der Waals surface area (Å²) in [6, 6.07) is 10.3. The number of rotatable bonds is 3. The van der Waals surface area contributed by atoms with Gasteiger partial charge >= 0.3 is 6.18 Å². The van der Waals surface area contributed by atoms with Crippen molar-refractivity contribution < 1.29 is 13.2 Å². The number of alkyl halides is 3. The van der Waals surface area contributed by atoms with Gasteiger partial charge in [-0.3, -0.25) is 0 Å². The standard InChI is InChI=1S/C15H15F3N2S/c16-15(17,18)13-10-19-14(21-13)20-8-4-7-12(20)9-11-5-2-1-3-6-11/h1-3,5-6,10,12H,4,7-9H2. The van der Waals surface area contributed by atoms with Gasteiger partial charge in [0.25, 0.3) is 0 Å². The van der Waals surface area contributed by atoms with Crippen LogP contribution in [0.1, 0.15) is 23.3 Å². The fourth-order valence-electron chi connectivity index (χ4n) is 2.71. The lowest BCUT2D eigenvalue weighted by molar-refractivity contribution is -0.134. The zero-order valence-electron chi connectivity index (χ0n) is 11.3. The Morgan fingerprint density at radius 1 is 1.24 bits per heavy atom. The molecule has 2 aromatic rings. The van der Waals surface area contributed by atoms with E-state index in [9.17, 15) is 13.2 Å². The maximum atomic E-state index is 12.7. The van der Waals surface area contributed by atoms with Crippen molar-refractivity contribution in [3.05, 3.63) is 47.0 Å². The smallest absolute Gasteiger partial charge is 0.345 e. The van der Waals surface area contributed by atoms with Gasteiger partial charge in [0.2, 0.25) is 0 Å². The third-order valence-electron chi connectivity index (χ3n) is 3.71. The van der Waals surface area contributed by atoms with Crippen LogP contribution in [-0.4, -0.2) is 17.6 Å². The quantitative estimate of drug-likeness (QED) is 0.836. The number of anilines is 1. The van der Waals surface area contributed by atoms with Gasteiger partial charge in [-0.05, 0) is 24.8 Å². The first-order valence-corrected chi connectivity index (χ1v) is 7.69. The van der Waals surface area contributed by atoms with Gasteiger partial charge in [0.05, 0.1) is 6.20 Å². The Labute approximate surface area is 125 Å². The summed E-state index contributed by atoms with van der Waals surface area (Å²) in [6.45, 7) is 0.780. The molecule has 0 saturated carbocycles. The Morgan fingerprint density at radius 3 is 2.67 bits per heavy atom. The number of hydrogen-bond donors (Lipinski definition) is 0. The van der Waals surface area contributed by atoms with E-state index in [1.807, 2.05) is 23.1 Å². The van der Waals surface area contributed by atoms with Gasteiger partial charge in [0.15, 0.2) is 5.13 Å². The minimum Gasteiger partial charge on any atom is -0.345 e. The van der Waals surface area contributed by atoms with E-state index in [4.69, 9.17) is 0 Å². The molecule has 0 amide bonds. The zero-order chi connectivity index (χ0) is 14.9. The molecule has 6 heteroatoms. The van der Waals surface area contributed by atoms with Crippen LogP contribution in [0.5, 0.6) is 0 Å². The summed E-state index contributed by atoms with van der Waals surface area (Å²) in [7, 11) is 0. The highest BCUT2D eigenvalue weighted by Gasteiger charge is 2.35. The van der Waals surface area contributed by atoms with Crippen molar-refractivity contribution in [3.8, 4) is 0 Å². The van der Waals surface area contributed by atoms with Crippen LogP contribution in [0.4, 0.5) is 18.3 Å². The highest BCUT2D eigenvalue weighted by Crippen LogP contribution is 2.38. The van der Waals surface area contributed by atoms with E-state index in [1.165, 1.54) is 5.56 Å². The van der Waals surface area contributed by atoms with Gasteiger partial charge in [0, 0.05) is 12.6 Å².